The molecule has 0 aliphatic rings. The summed E-state index contributed by atoms with van der Waals surface area (Å²) in [4.78, 5) is 17.2. The maximum Gasteiger partial charge on any atom is 0.246 e. The van der Waals surface area contributed by atoms with Gasteiger partial charge < -0.3 is 9.88 Å². The first-order chi connectivity index (χ1) is 15.9. The third-order valence-electron chi connectivity index (χ3n) is 5.19. The molecule has 166 valence electrons. The van der Waals surface area contributed by atoms with Crippen molar-refractivity contribution in [3.8, 4) is 0 Å². The zero-order chi connectivity index (χ0) is 23.0. The number of fused-ring (bicyclic) bond motifs is 2. The number of rotatable bonds is 6. The molecule has 1 N–H and O–H groups in total. The summed E-state index contributed by atoms with van der Waals surface area (Å²) >= 11 is 1.37. The van der Waals surface area contributed by atoms with Crippen molar-refractivity contribution in [1.82, 2.24) is 9.55 Å². The van der Waals surface area contributed by atoms with Crippen LogP contribution in [-0.4, -0.2) is 23.9 Å². The second-order valence-electron chi connectivity index (χ2n) is 7.56. The molecule has 9 heteroatoms. The average molecular weight is 480 g/mol. The SMILES string of the molecule is O=C(Cn1cc(S(=O)(=O)Cc2cccc(F)c2)c2ccccc21)Nc1nc2ccccc2s1. The molecule has 1 amide bonds. The van der Waals surface area contributed by atoms with Crippen molar-refractivity contribution in [3.63, 3.8) is 0 Å². The van der Waals surface area contributed by atoms with Crippen LogP contribution in [0.5, 0.6) is 0 Å². The minimum absolute atomic E-state index is 0.0775. The number of sulfone groups is 1. The molecule has 0 atom stereocenters. The quantitative estimate of drug-likeness (QED) is 0.372. The Morgan fingerprint density at radius 2 is 1.82 bits per heavy atom. The van der Waals surface area contributed by atoms with E-state index >= 15 is 0 Å². The Labute approximate surface area is 193 Å². The van der Waals surface area contributed by atoms with Gasteiger partial charge in [0.25, 0.3) is 0 Å². The van der Waals surface area contributed by atoms with E-state index in [1.165, 1.54) is 35.7 Å². The molecule has 0 spiro atoms. The Morgan fingerprint density at radius 3 is 2.64 bits per heavy atom. The number of para-hydroxylation sites is 2. The summed E-state index contributed by atoms with van der Waals surface area (Å²) in [5.74, 6) is -1.14. The smallest absolute Gasteiger partial charge is 0.246 e. The Morgan fingerprint density at radius 1 is 1.03 bits per heavy atom. The Hall–Kier alpha value is -3.56. The summed E-state index contributed by atoms with van der Waals surface area (Å²) < 4.78 is 42.5. The maximum absolute atomic E-state index is 13.5. The summed E-state index contributed by atoms with van der Waals surface area (Å²) in [5, 5.41) is 3.79. The zero-order valence-corrected chi connectivity index (χ0v) is 18.9. The molecule has 0 radical (unpaired) electrons. The molecule has 3 aromatic carbocycles. The highest BCUT2D eigenvalue weighted by atomic mass is 32.2. The van der Waals surface area contributed by atoms with Crippen molar-refractivity contribution in [2.24, 2.45) is 0 Å². The second kappa shape index (κ2) is 8.42. The highest BCUT2D eigenvalue weighted by Crippen LogP contribution is 2.29. The van der Waals surface area contributed by atoms with Crippen LogP contribution in [-0.2, 0) is 26.9 Å². The van der Waals surface area contributed by atoms with Gasteiger partial charge in [0, 0.05) is 17.1 Å². The van der Waals surface area contributed by atoms with Crippen LogP contribution in [0.4, 0.5) is 9.52 Å². The van der Waals surface area contributed by atoms with Gasteiger partial charge in [-0.05, 0) is 35.9 Å². The van der Waals surface area contributed by atoms with Gasteiger partial charge in [0.05, 0.1) is 20.9 Å². The number of halogens is 1. The number of nitrogens with one attached hydrogen (secondary N) is 1. The summed E-state index contributed by atoms with van der Waals surface area (Å²) in [6.45, 7) is -0.0775. The Balaban J connectivity index is 1.43. The normalized spacial score (nSPS) is 11.8. The van der Waals surface area contributed by atoms with Gasteiger partial charge in [-0.3, -0.25) is 4.79 Å². The number of carbonyl (C=O) groups is 1. The number of thiazole rings is 1. The molecular weight excluding hydrogens is 461 g/mol. The van der Waals surface area contributed by atoms with Crippen LogP contribution in [0.1, 0.15) is 5.56 Å². The van der Waals surface area contributed by atoms with E-state index < -0.39 is 15.7 Å². The summed E-state index contributed by atoms with van der Waals surface area (Å²) in [6.07, 6.45) is 1.47. The highest BCUT2D eigenvalue weighted by molar-refractivity contribution is 7.90. The molecule has 5 aromatic rings. The first-order valence-corrected chi connectivity index (χ1v) is 12.6. The molecular formula is C24H18FN3O3S2. The fourth-order valence-corrected chi connectivity index (χ4v) is 6.21. The molecule has 6 nitrogen and oxygen atoms in total. The molecule has 0 aliphatic carbocycles. The zero-order valence-electron chi connectivity index (χ0n) is 17.2. The van der Waals surface area contributed by atoms with Crippen LogP contribution >= 0.6 is 11.3 Å². The number of hydrogen-bond acceptors (Lipinski definition) is 5. The van der Waals surface area contributed by atoms with Gasteiger partial charge in [0.15, 0.2) is 15.0 Å². The molecule has 0 fully saturated rings. The minimum Gasteiger partial charge on any atom is -0.337 e. The van der Waals surface area contributed by atoms with E-state index in [2.05, 4.69) is 10.3 Å². The predicted molar refractivity (Wildman–Crippen MR) is 127 cm³/mol. The number of nitrogens with zero attached hydrogens (tertiary/aromatic N) is 2. The van der Waals surface area contributed by atoms with Gasteiger partial charge in [-0.1, -0.05) is 53.8 Å². The molecule has 2 heterocycles. The molecule has 0 saturated heterocycles. The van der Waals surface area contributed by atoms with Crippen molar-refractivity contribution in [1.29, 1.82) is 0 Å². The molecule has 33 heavy (non-hydrogen) atoms. The van der Waals surface area contributed by atoms with E-state index in [0.29, 0.717) is 21.6 Å². The molecule has 2 aromatic heterocycles. The van der Waals surface area contributed by atoms with E-state index in [9.17, 15) is 17.6 Å². The van der Waals surface area contributed by atoms with Crippen LogP contribution in [0.15, 0.2) is 83.9 Å². The van der Waals surface area contributed by atoms with E-state index in [-0.39, 0.29) is 23.1 Å². The fourth-order valence-electron chi connectivity index (χ4n) is 3.75. The number of amides is 1. The summed E-state index contributed by atoms with van der Waals surface area (Å²) in [7, 11) is -3.78. The van der Waals surface area contributed by atoms with Crippen LogP contribution in [0.2, 0.25) is 0 Å². The third kappa shape index (κ3) is 4.37. The van der Waals surface area contributed by atoms with Crippen molar-refractivity contribution < 1.29 is 17.6 Å². The lowest BCUT2D eigenvalue weighted by molar-refractivity contribution is -0.116. The van der Waals surface area contributed by atoms with Gasteiger partial charge in [-0.2, -0.15) is 0 Å². The largest absolute Gasteiger partial charge is 0.337 e. The highest BCUT2D eigenvalue weighted by Gasteiger charge is 2.23. The molecule has 5 rings (SSSR count). The Bertz CT molecular complexity index is 1570. The maximum atomic E-state index is 13.5. The van der Waals surface area contributed by atoms with E-state index in [1.807, 2.05) is 24.3 Å². The van der Waals surface area contributed by atoms with Crippen LogP contribution in [0.3, 0.4) is 0 Å². The van der Waals surface area contributed by atoms with Gasteiger partial charge in [-0.25, -0.2) is 17.8 Å². The van der Waals surface area contributed by atoms with Gasteiger partial charge >= 0.3 is 0 Å². The van der Waals surface area contributed by atoms with Crippen molar-refractivity contribution >= 4 is 53.3 Å². The summed E-state index contributed by atoms with van der Waals surface area (Å²) in [6, 6.07) is 20.1. The van der Waals surface area contributed by atoms with E-state index in [4.69, 9.17) is 0 Å². The van der Waals surface area contributed by atoms with Gasteiger partial charge in [0.1, 0.15) is 12.4 Å². The lowest BCUT2D eigenvalue weighted by atomic mass is 10.2. The van der Waals surface area contributed by atoms with Gasteiger partial charge in [-0.15, -0.1) is 0 Å². The molecule has 0 aliphatic heterocycles. The first kappa shape index (κ1) is 21.3. The van der Waals surface area contributed by atoms with Crippen molar-refractivity contribution in [3.05, 3.63) is 90.4 Å². The molecule has 0 bridgehead atoms. The van der Waals surface area contributed by atoms with Crippen LogP contribution in [0, 0.1) is 5.82 Å². The molecule has 0 unspecified atom stereocenters. The van der Waals surface area contributed by atoms with Crippen LogP contribution in [0.25, 0.3) is 21.1 Å². The lowest BCUT2D eigenvalue weighted by Gasteiger charge is -2.05. The second-order valence-corrected chi connectivity index (χ2v) is 10.6. The van der Waals surface area contributed by atoms with E-state index in [0.717, 1.165) is 10.2 Å². The minimum atomic E-state index is -3.78. The van der Waals surface area contributed by atoms with Crippen LogP contribution < -0.4 is 5.32 Å². The number of aromatic nitrogens is 2. The lowest BCUT2D eigenvalue weighted by Crippen LogP contribution is -2.18. The number of benzene rings is 3. The van der Waals surface area contributed by atoms with E-state index in [1.54, 1.807) is 34.9 Å². The monoisotopic (exact) mass is 479 g/mol. The Kier molecular flexibility index (Phi) is 5.43. The molecule has 0 saturated carbocycles. The van der Waals surface area contributed by atoms with Crippen molar-refractivity contribution in [2.75, 3.05) is 5.32 Å². The third-order valence-corrected chi connectivity index (χ3v) is 7.85. The predicted octanol–water partition coefficient (Wildman–Crippen LogP) is 5.00. The number of anilines is 1. The number of carbonyl (C=O) groups excluding carboxylic acids is 1. The average Bonchev–Trinajstić information content (AvgIpc) is 3.35. The summed E-state index contributed by atoms with van der Waals surface area (Å²) in [5.41, 5.74) is 1.78. The topological polar surface area (TPSA) is 81.1 Å². The number of hydrogen-bond donors (Lipinski definition) is 1. The first-order valence-electron chi connectivity index (χ1n) is 10.1. The van der Waals surface area contributed by atoms with Crippen molar-refractivity contribution in [2.45, 2.75) is 17.2 Å². The van der Waals surface area contributed by atoms with Gasteiger partial charge in [0.2, 0.25) is 5.91 Å². The fraction of sp³-hybridized carbons (Fsp3) is 0.0833. The standard InChI is InChI=1S/C24H18FN3O3S2/c25-17-7-5-6-16(12-17)15-33(30,31)22-13-28(20-10-3-1-8-18(20)22)14-23(29)27-24-26-19-9-2-4-11-21(19)32-24/h1-13H,14-15H2,(H,26,27,29).